The van der Waals surface area contributed by atoms with Crippen LogP contribution in [0, 0.1) is 0 Å². The summed E-state index contributed by atoms with van der Waals surface area (Å²) in [6, 6.07) is 8.19. The molecule has 2 rings (SSSR count). The molecule has 3 nitrogen and oxygen atoms in total. The molecule has 1 aromatic heterocycles. The van der Waals surface area contributed by atoms with Gasteiger partial charge in [-0.1, -0.05) is 24.3 Å². The van der Waals surface area contributed by atoms with Gasteiger partial charge in [0.1, 0.15) is 0 Å². The first-order valence-electron chi connectivity index (χ1n) is 4.84. The lowest BCUT2D eigenvalue weighted by atomic mass is 10.2. The average Bonchev–Trinajstić information content (AvgIpc) is 2.29. The summed E-state index contributed by atoms with van der Waals surface area (Å²) in [6.07, 6.45) is 1.76. The Balaban J connectivity index is 2.42. The topological polar surface area (TPSA) is 37.8 Å². The molecule has 0 amide bonds. The second kappa shape index (κ2) is 4.45. The molecule has 0 aliphatic carbocycles. The van der Waals surface area contributed by atoms with E-state index >= 15 is 0 Å². The molecule has 1 atom stereocenters. The minimum absolute atomic E-state index is 0.187. The van der Waals surface area contributed by atoms with Gasteiger partial charge in [-0.15, -0.1) is 16.7 Å². The molecule has 78 valence electrons. The van der Waals surface area contributed by atoms with E-state index in [1.807, 2.05) is 31.2 Å². The van der Waals surface area contributed by atoms with E-state index in [9.17, 15) is 0 Å². The number of halogens is 1. The van der Waals surface area contributed by atoms with Gasteiger partial charge in [0.05, 0.1) is 6.20 Å². The predicted octanol–water partition coefficient (Wildman–Crippen LogP) is 2.67. The summed E-state index contributed by atoms with van der Waals surface area (Å²) in [7, 11) is 0. The summed E-state index contributed by atoms with van der Waals surface area (Å²) in [5, 5.41) is 13.4. The van der Waals surface area contributed by atoms with Crippen LogP contribution in [0.4, 0.5) is 5.82 Å². The normalized spacial score (nSPS) is 12.7. The van der Waals surface area contributed by atoms with Crippen LogP contribution < -0.4 is 5.32 Å². The van der Waals surface area contributed by atoms with Crippen molar-refractivity contribution < 1.29 is 0 Å². The number of nitrogens with zero attached hydrogens (tertiary/aromatic N) is 2. The molecule has 0 fully saturated rings. The van der Waals surface area contributed by atoms with Crippen molar-refractivity contribution in [1.82, 2.24) is 10.2 Å². The molecule has 2 aromatic rings. The largest absolute Gasteiger partial charge is 0.364 e. The van der Waals surface area contributed by atoms with Gasteiger partial charge in [0, 0.05) is 22.7 Å². The first-order valence-corrected chi connectivity index (χ1v) is 5.37. The standard InChI is InChI=1S/C11H12ClN3/c1-8(6-12)14-11-10-5-3-2-4-9(10)7-13-15-11/h2-5,7-8H,6H2,1H3,(H,14,15). The van der Waals surface area contributed by atoms with Crippen LogP contribution in [-0.4, -0.2) is 22.1 Å². The summed E-state index contributed by atoms with van der Waals surface area (Å²) in [5.41, 5.74) is 0. The first-order chi connectivity index (χ1) is 7.31. The van der Waals surface area contributed by atoms with E-state index in [2.05, 4.69) is 15.5 Å². The van der Waals surface area contributed by atoms with Gasteiger partial charge < -0.3 is 5.32 Å². The Morgan fingerprint density at radius 1 is 1.40 bits per heavy atom. The zero-order valence-electron chi connectivity index (χ0n) is 8.44. The zero-order chi connectivity index (χ0) is 10.7. The number of aromatic nitrogens is 2. The fraction of sp³-hybridized carbons (Fsp3) is 0.273. The third-order valence-electron chi connectivity index (χ3n) is 2.19. The lowest BCUT2D eigenvalue weighted by molar-refractivity contribution is 0.886. The number of benzene rings is 1. The molecular formula is C11H12ClN3. The first kappa shape index (κ1) is 10.2. The zero-order valence-corrected chi connectivity index (χ0v) is 9.20. The SMILES string of the molecule is CC(CCl)Nc1nncc2ccccc12. The molecule has 0 aliphatic heterocycles. The smallest absolute Gasteiger partial charge is 0.156 e. The van der Waals surface area contributed by atoms with E-state index in [4.69, 9.17) is 11.6 Å². The van der Waals surface area contributed by atoms with E-state index in [0.29, 0.717) is 5.88 Å². The molecular weight excluding hydrogens is 210 g/mol. The number of alkyl halides is 1. The van der Waals surface area contributed by atoms with Crippen LogP contribution >= 0.6 is 11.6 Å². The Bertz CT molecular complexity index is 453. The van der Waals surface area contributed by atoms with Gasteiger partial charge in [0.15, 0.2) is 5.82 Å². The van der Waals surface area contributed by atoms with Crippen molar-refractivity contribution >= 4 is 28.2 Å². The Labute approximate surface area is 93.5 Å². The molecule has 0 bridgehead atoms. The molecule has 1 N–H and O–H groups in total. The Morgan fingerprint density at radius 2 is 2.20 bits per heavy atom. The van der Waals surface area contributed by atoms with Gasteiger partial charge in [-0.25, -0.2) is 0 Å². The number of fused-ring (bicyclic) bond motifs is 1. The lowest BCUT2D eigenvalue weighted by Gasteiger charge is -2.12. The molecule has 1 aromatic carbocycles. The van der Waals surface area contributed by atoms with Crippen molar-refractivity contribution in [1.29, 1.82) is 0 Å². The molecule has 0 spiro atoms. The number of rotatable bonds is 3. The molecule has 1 heterocycles. The van der Waals surface area contributed by atoms with E-state index in [1.165, 1.54) is 0 Å². The van der Waals surface area contributed by atoms with Gasteiger partial charge >= 0.3 is 0 Å². The Morgan fingerprint density at radius 3 is 3.00 bits per heavy atom. The average molecular weight is 222 g/mol. The van der Waals surface area contributed by atoms with E-state index in [0.717, 1.165) is 16.6 Å². The van der Waals surface area contributed by atoms with Crippen LogP contribution in [0.25, 0.3) is 10.8 Å². The molecule has 0 saturated heterocycles. The lowest BCUT2D eigenvalue weighted by Crippen LogP contribution is -2.17. The predicted molar refractivity (Wildman–Crippen MR) is 63.3 cm³/mol. The van der Waals surface area contributed by atoms with Crippen LogP contribution in [0.5, 0.6) is 0 Å². The van der Waals surface area contributed by atoms with E-state index < -0.39 is 0 Å². The Hall–Kier alpha value is -1.35. The molecule has 0 saturated carbocycles. The van der Waals surface area contributed by atoms with Crippen molar-refractivity contribution in [3.8, 4) is 0 Å². The van der Waals surface area contributed by atoms with Crippen molar-refractivity contribution in [2.75, 3.05) is 11.2 Å². The van der Waals surface area contributed by atoms with Crippen molar-refractivity contribution in [2.45, 2.75) is 13.0 Å². The third kappa shape index (κ3) is 2.18. The van der Waals surface area contributed by atoms with Gasteiger partial charge in [-0.2, -0.15) is 5.10 Å². The minimum atomic E-state index is 0.187. The summed E-state index contributed by atoms with van der Waals surface area (Å²) < 4.78 is 0. The maximum atomic E-state index is 5.74. The summed E-state index contributed by atoms with van der Waals surface area (Å²) in [4.78, 5) is 0. The van der Waals surface area contributed by atoms with E-state index in [1.54, 1.807) is 6.20 Å². The second-order valence-electron chi connectivity index (χ2n) is 3.48. The highest BCUT2D eigenvalue weighted by Crippen LogP contribution is 2.19. The molecule has 0 aliphatic rings. The summed E-state index contributed by atoms with van der Waals surface area (Å²) in [6.45, 7) is 2.01. The summed E-state index contributed by atoms with van der Waals surface area (Å²) >= 11 is 5.74. The quantitative estimate of drug-likeness (QED) is 0.810. The number of anilines is 1. The van der Waals surface area contributed by atoms with Crippen LogP contribution in [0.3, 0.4) is 0 Å². The molecule has 15 heavy (non-hydrogen) atoms. The molecule has 0 radical (unpaired) electrons. The summed E-state index contributed by atoms with van der Waals surface area (Å²) in [5.74, 6) is 1.34. The number of nitrogens with one attached hydrogen (secondary N) is 1. The van der Waals surface area contributed by atoms with Crippen LogP contribution in [0.2, 0.25) is 0 Å². The van der Waals surface area contributed by atoms with Gasteiger partial charge in [0.25, 0.3) is 0 Å². The highest BCUT2D eigenvalue weighted by Gasteiger charge is 2.05. The van der Waals surface area contributed by atoms with Crippen LogP contribution in [0.15, 0.2) is 30.5 Å². The van der Waals surface area contributed by atoms with Crippen LogP contribution in [0.1, 0.15) is 6.92 Å². The minimum Gasteiger partial charge on any atom is -0.364 e. The van der Waals surface area contributed by atoms with Crippen molar-refractivity contribution in [3.05, 3.63) is 30.5 Å². The molecule has 1 unspecified atom stereocenters. The fourth-order valence-electron chi connectivity index (χ4n) is 1.41. The monoisotopic (exact) mass is 221 g/mol. The number of hydrogen-bond acceptors (Lipinski definition) is 3. The fourth-order valence-corrected chi connectivity index (χ4v) is 1.48. The van der Waals surface area contributed by atoms with E-state index in [-0.39, 0.29) is 6.04 Å². The Kier molecular flexibility index (Phi) is 3.02. The third-order valence-corrected chi connectivity index (χ3v) is 2.65. The highest BCUT2D eigenvalue weighted by atomic mass is 35.5. The number of hydrogen-bond donors (Lipinski definition) is 1. The maximum Gasteiger partial charge on any atom is 0.156 e. The van der Waals surface area contributed by atoms with Gasteiger partial charge in [-0.3, -0.25) is 0 Å². The highest BCUT2D eigenvalue weighted by molar-refractivity contribution is 6.18. The van der Waals surface area contributed by atoms with Gasteiger partial charge in [-0.05, 0) is 6.92 Å². The van der Waals surface area contributed by atoms with Crippen molar-refractivity contribution in [3.63, 3.8) is 0 Å². The van der Waals surface area contributed by atoms with Gasteiger partial charge in [0.2, 0.25) is 0 Å². The molecule has 4 heteroatoms. The van der Waals surface area contributed by atoms with Crippen LogP contribution in [-0.2, 0) is 0 Å². The van der Waals surface area contributed by atoms with Crippen molar-refractivity contribution in [2.24, 2.45) is 0 Å². The second-order valence-corrected chi connectivity index (χ2v) is 3.79. The maximum absolute atomic E-state index is 5.74.